The van der Waals surface area contributed by atoms with Crippen LogP contribution in [0.1, 0.15) is 70.9 Å². The van der Waals surface area contributed by atoms with E-state index >= 15 is 0 Å². The Bertz CT molecular complexity index is 1210. The molecule has 2 amide bonds. The van der Waals surface area contributed by atoms with Crippen LogP contribution < -0.4 is 21.5 Å². The lowest BCUT2D eigenvalue weighted by Crippen LogP contribution is -2.41. The zero-order valence-electron chi connectivity index (χ0n) is 20.7. The molecule has 3 rings (SSSR count). The number of hydrogen-bond donors (Lipinski definition) is 3. The second-order valence-corrected chi connectivity index (χ2v) is 9.06. The highest BCUT2D eigenvalue weighted by Gasteiger charge is 2.29. The van der Waals surface area contributed by atoms with Crippen LogP contribution in [0.25, 0.3) is 0 Å². The van der Waals surface area contributed by atoms with E-state index in [2.05, 4.69) is 21.3 Å². The number of primary amides is 1. The number of nitrogens with two attached hydrogens (primary N) is 1. The molecule has 0 bridgehead atoms. The van der Waals surface area contributed by atoms with Crippen LogP contribution in [0.3, 0.4) is 0 Å². The SMILES string of the molecule is CCN(c1cc(C#N)cc(C(=O)NCc2c(C)cc(C)[nH]c2=O)c1C)[C@H]1CC[C@H](OC(N)=O)CC1. The van der Waals surface area contributed by atoms with E-state index in [4.69, 9.17) is 10.5 Å². The molecule has 9 heteroatoms. The van der Waals surface area contributed by atoms with Gasteiger partial charge in [0.1, 0.15) is 6.10 Å². The number of hydrogen-bond acceptors (Lipinski definition) is 6. The van der Waals surface area contributed by atoms with Gasteiger partial charge in [0.05, 0.1) is 11.6 Å². The summed E-state index contributed by atoms with van der Waals surface area (Å²) < 4.78 is 5.16. The number of nitrogens with zero attached hydrogens (tertiary/aromatic N) is 2. The van der Waals surface area contributed by atoms with Gasteiger partial charge >= 0.3 is 6.09 Å². The average Bonchev–Trinajstić information content (AvgIpc) is 2.80. The summed E-state index contributed by atoms with van der Waals surface area (Å²) in [5, 5.41) is 12.5. The lowest BCUT2D eigenvalue weighted by Gasteiger charge is -2.38. The predicted octanol–water partition coefficient (Wildman–Crippen LogP) is 3.33. The van der Waals surface area contributed by atoms with Crippen molar-refractivity contribution in [2.75, 3.05) is 11.4 Å². The lowest BCUT2D eigenvalue weighted by molar-refractivity contribution is 0.0784. The molecule has 2 aromatic rings. The van der Waals surface area contributed by atoms with Crippen molar-refractivity contribution in [1.82, 2.24) is 10.3 Å². The van der Waals surface area contributed by atoms with Crippen molar-refractivity contribution in [3.8, 4) is 6.07 Å². The number of amides is 2. The first kappa shape index (κ1) is 25.8. The Morgan fingerprint density at radius 1 is 1.20 bits per heavy atom. The molecule has 0 unspecified atom stereocenters. The van der Waals surface area contributed by atoms with Crippen molar-refractivity contribution in [3.63, 3.8) is 0 Å². The maximum absolute atomic E-state index is 13.2. The van der Waals surface area contributed by atoms with Gasteiger partial charge in [-0.05, 0) is 82.7 Å². The standard InChI is InChI=1S/C26H33N5O4/c1-5-31(19-6-8-20(9-7-19)35-26(28)34)23-12-18(13-27)11-21(17(23)4)24(32)29-14-22-15(2)10-16(3)30-25(22)33/h10-12,19-20H,5-9,14H2,1-4H3,(H2,28,34)(H,29,32)(H,30,33)/t19-,20-. The molecule has 35 heavy (non-hydrogen) atoms. The Kier molecular flexibility index (Phi) is 8.18. The molecule has 0 saturated heterocycles. The van der Waals surface area contributed by atoms with E-state index in [1.165, 1.54) is 0 Å². The smallest absolute Gasteiger partial charge is 0.404 e. The Hall–Kier alpha value is -3.80. The van der Waals surface area contributed by atoms with Crippen LogP contribution >= 0.6 is 0 Å². The summed E-state index contributed by atoms with van der Waals surface area (Å²) in [7, 11) is 0. The van der Waals surface area contributed by atoms with Crippen LogP contribution in [0.15, 0.2) is 23.0 Å². The van der Waals surface area contributed by atoms with E-state index in [0.29, 0.717) is 36.1 Å². The summed E-state index contributed by atoms with van der Waals surface area (Å²) >= 11 is 0. The molecule has 9 nitrogen and oxygen atoms in total. The summed E-state index contributed by atoms with van der Waals surface area (Å²) in [4.78, 5) is 41.5. The zero-order valence-corrected chi connectivity index (χ0v) is 20.7. The number of aryl methyl sites for hydroxylation is 2. The molecule has 1 fully saturated rings. The number of carbonyl (C=O) groups excluding carboxylic acids is 2. The monoisotopic (exact) mass is 479 g/mol. The van der Waals surface area contributed by atoms with Crippen LogP contribution in [-0.2, 0) is 11.3 Å². The second kappa shape index (κ2) is 11.1. The Labute approximate surface area is 205 Å². The number of anilines is 1. The van der Waals surface area contributed by atoms with Crippen LogP contribution in [-0.4, -0.2) is 35.7 Å². The average molecular weight is 480 g/mol. The van der Waals surface area contributed by atoms with E-state index in [0.717, 1.165) is 35.3 Å². The minimum Gasteiger partial charge on any atom is -0.446 e. The topological polar surface area (TPSA) is 141 Å². The first-order valence-electron chi connectivity index (χ1n) is 11.9. The molecule has 0 aliphatic heterocycles. The van der Waals surface area contributed by atoms with Crippen molar-refractivity contribution in [3.05, 3.63) is 62.1 Å². The van der Waals surface area contributed by atoms with E-state index in [9.17, 15) is 19.6 Å². The number of benzene rings is 1. The van der Waals surface area contributed by atoms with Gasteiger partial charge in [0, 0.05) is 41.6 Å². The van der Waals surface area contributed by atoms with Crippen LogP contribution in [0.4, 0.5) is 10.5 Å². The van der Waals surface area contributed by atoms with Gasteiger partial charge in [-0.3, -0.25) is 9.59 Å². The summed E-state index contributed by atoms with van der Waals surface area (Å²) in [5.41, 5.74) is 9.41. The molecule has 0 spiro atoms. The Balaban J connectivity index is 1.84. The first-order chi connectivity index (χ1) is 16.6. The highest BCUT2D eigenvalue weighted by Crippen LogP contribution is 2.32. The fourth-order valence-electron chi connectivity index (χ4n) is 4.93. The number of carbonyl (C=O) groups is 2. The number of aromatic amines is 1. The van der Waals surface area contributed by atoms with E-state index in [1.54, 1.807) is 6.07 Å². The highest BCUT2D eigenvalue weighted by atomic mass is 16.6. The Morgan fingerprint density at radius 3 is 2.46 bits per heavy atom. The van der Waals surface area contributed by atoms with Gasteiger partial charge in [0.15, 0.2) is 0 Å². The number of H-pyrrole nitrogens is 1. The van der Waals surface area contributed by atoms with Crippen LogP contribution in [0, 0.1) is 32.1 Å². The second-order valence-electron chi connectivity index (χ2n) is 9.06. The van der Waals surface area contributed by atoms with Crippen LogP contribution in [0.5, 0.6) is 0 Å². The van der Waals surface area contributed by atoms with Gasteiger partial charge in [-0.1, -0.05) is 0 Å². The Morgan fingerprint density at radius 2 is 1.89 bits per heavy atom. The van der Waals surface area contributed by atoms with Gasteiger partial charge in [-0.2, -0.15) is 5.26 Å². The van der Waals surface area contributed by atoms with Crippen molar-refractivity contribution >= 4 is 17.7 Å². The normalized spacial score (nSPS) is 17.3. The molecule has 1 aromatic carbocycles. The van der Waals surface area contributed by atoms with Crippen molar-refractivity contribution in [2.45, 2.75) is 72.1 Å². The number of aromatic nitrogens is 1. The highest BCUT2D eigenvalue weighted by molar-refractivity contribution is 5.97. The molecule has 1 heterocycles. The van der Waals surface area contributed by atoms with Crippen LogP contribution in [0.2, 0.25) is 0 Å². The minimum atomic E-state index is -0.753. The van der Waals surface area contributed by atoms with Crippen molar-refractivity contribution in [2.24, 2.45) is 5.73 Å². The minimum absolute atomic E-state index is 0.0905. The molecule has 1 aromatic heterocycles. The third-order valence-electron chi connectivity index (χ3n) is 6.69. The lowest BCUT2D eigenvalue weighted by atomic mass is 9.90. The molecule has 0 radical (unpaired) electrons. The number of pyridine rings is 1. The van der Waals surface area contributed by atoms with Crippen molar-refractivity contribution < 1.29 is 14.3 Å². The first-order valence-corrected chi connectivity index (χ1v) is 11.9. The largest absolute Gasteiger partial charge is 0.446 e. The maximum atomic E-state index is 13.2. The third kappa shape index (κ3) is 6.01. The van der Waals surface area contributed by atoms with E-state index < -0.39 is 6.09 Å². The molecule has 1 saturated carbocycles. The molecule has 4 N–H and O–H groups in total. The summed E-state index contributed by atoms with van der Waals surface area (Å²) in [5.74, 6) is -0.338. The van der Waals surface area contributed by atoms with Gasteiger partial charge in [-0.15, -0.1) is 0 Å². The summed E-state index contributed by atoms with van der Waals surface area (Å²) in [6.07, 6.45) is 2.09. The number of ether oxygens (including phenoxy) is 1. The molecule has 1 aliphatic rings. The maximum Gasteiger partial charge on any atom is 0.404 e. The van der Waals surface area contributed by atoms with Gasteiger partial charge in [0.2, 0.25) is 0 Å². The third-order valence-corrected chi connectivity index (χ3v) is 6.69. The fraction of sp³-hybridized carbons (Fsp3) is 0.462. The number of nitriles is 1. The summed E-state index contributed by atoms with van der Waals surface area (Å²) in [6, 6.07) is 7.62. The molecule has 0 atom stereocenters. The number of rotatable bonds is 7. The number of nitrogens with one attached hydrogen (secondary N) is 2. The molecular formula is C26H33N5O4. The van der Waals surface area contributed by atoms with Gasteiger partial charge in [-0.25, -0.2) is 4.79 Å². The zero-order chi connectivity index (χ0) is 25.7. The van der Waals surface area contributed by atoms with E-state index in [1.807, 2.05) is 39.8 Å². The summed E-state index contributed by atoms with van der Waals surface area (Å²) in [6.45, 7) is 8.35. The van der Waals surface area contributed by atoms with E-state index in [-0.39, 0.29) is 30.2 Å². The molecular weight excluding hydrogens is 446 g/mol. The molecule has 1 aliphatic carbocycles. The van der Waals surface area contributed by atoms with Gasteiger partial charge < -0.3 is 25.7 Å². The van der Waals surface area contributed by atoms with Gasteiger partial charge in [0.25, 0.3) is 11.5 Å². The van der Waals surface area contributed by atoms with Crippen molar-refractivity contribution in [1.29, 1.82) is 5.26 Å². The quantitative estimate of drug-likeness (QED) is 0.556. The molecule has 186 valence electrons. The predicted molar refractivity (Wildman–Crippen MR) is 133 cm³/mol. The fourth-order valence-corrected chi connectivity index (χ4v) is 4.93.